The van der Waals surface area contributed by atoms with E-state index in [1.165, 1.54) is 244 Å². The molecule has 3 N–H and O–H groups in total. The first-order chi connectivity index (χ1) is 37.5. The first-order valence-electron chi connectivity index (χ1n) is 33.2. The van der Waals surface area contributed by atoms with Crippen molar-refractivity contribution in [1.82, 2.24) is 5.32 Å². The van der Waals surface area contributed by atoms with E-state index < -0.39 is 20.0 Å². The van der Waals surface area contributed by atoms with E-state index in [2.05, 4.69) is 67.8 Å². The molecule has 1 amide bonds. The molecule has 0 saturated heterocycles. The van der Waals surface area contributed by atoms with E-state index >= 15 is 0 Å². The predicted molar refractivity (Wildman–Crippen MR) is 337 cm³/mol. The van der Waals surface area contributed by atoms with Crippen LogP contribution < -0.4 is 5.32 Å². The minimum Gasteiger partial charge on any atom is -0.387 e. The Hall–Kier alpha value is -1.80. The number of nitrogens with zero attached hydrogens (tertiary/aromatic N) is 1. The van der Waals surface area contributed by atoms with Crippen molar-refractivity contribution in [2.75, 3.05) is 40.9 Å². The lowest BCUT2D eigenvalue weighted by Gasteiger charge is -2.25. The van der Waals surface area contributed by atoms with Gasteiger partial charge in [-0.25, -0.2) is 4.57 Å². The fourth-order valence-corrected chi connectivity index (χ4v) is 10.5. The summed E-state index contributed by atoms with van der Waals surface area (Å²) in [5.41, 5.74) is 0. The van der Waals surface area contributed by atoms with Crippen LogP contribution in [0.5, 0.6) is 0 Å². The SMILES string of the molecule is CCCCCCC/C=C\C/C=C\C/C=C\CCCCCCCCCCCCCCCCCCC(=O)NC(COP(=O)(O)OCC[N+](C)(C)C)C(O)/C=C/CC/C=C/CCCCCCCCCCCCCCCCCCCC. The quantitative estimate of drug-likeness (QED) is 0.0243. The average molecular weight is 1100 g/mol. The molecule has 0 fully saturated rings. The second-order valence-corrected chi connectivity index (χ2v) is 25.3. The summed E-state index contributed by atoms with van der Waals surface area (Å²) in [6, 6.07) is -0.866. The number of phosphoric ester groups is 1. The maximum atomic E-state index is 13.0. The number of aliphatic hydroxyl groups excluding tert-OH is 1. The summed E-state index contributed by atoms with van der Waals surface area (Å²) in [6.45, 7) is 4.82. The third kappa shape index (κ3) is 61.7. The van der Waals surface area contributed by atoms with Gasteiger partial charge in [0.15, 0.2) is 0 Å². The molecule has 3 unspecified atom stereocenters. The Labute approximate surface area is 479 Å². The number of carbonyl (C=O) groups is 1. The van der Waals surface area contributed by atoms with E-state index in [-0.39, 0.29) is 19.1 Å². The zero-order chi connectivity index (χ0) is 56.3. The van der Waals surface area contributed by atoms with Crippen molar-refractivity contribution < 1.29 is 32.9 Å². The molecule has 0 rings (SSSR count). The van der Waals surface area contributed by atoms with Crippen molar-refractivity contribution >= 4 is 13.7 Å². The molecule has 0 aromatic carbocycles. The highest BCUT2D eigenvalue weighted by Gasteiger charge is 2.28. The molecule has 0 saturated carbocycles. The van der Waals surface area contributed by atoms with Crippen molar-refractivity contribution in [3.8, 4) is 0 Å². The van der Waals surface area contributed by atoms with Crippen LogP contribution in [0.2, 0.25) is 0 Å². The van der Waals surface area contributed by atoms with E-state index in [1.807, 2.05) is 27.2 Å². The molecule has 77 heavy (non-hydrogen) atoms. The van der Waals surface area contributed by atoms with Crippen LogP contribution >= 0.6 is 7.82 Å². The summed E-state index contributed by atoms with van der Waals surface area (Å²) in [5, 5.41) is 14.0. The Morgan fingerprint density at radius 3 is 1.13 bits per heavy atom. The highest BCUT2D eigenvalue weighted by molar-refractivity contribution is 7.47. The number of hydrogen-bond acceptors (Lipinski definition) is 5. The van der Waals surface area contributed by atoms with Crippen molar-refractivity contribution in [2.24, 2.45) is 0 Å². The van der Waals surface area contributed by atoms with Crippen LogP contribution in [0.15, 0.2) is 60.8 Å². The number of quaternary nitrogens is 1. The number of amides is 1. The van der Waals surface area contributed by atoms with Crippen LogP contribution in [-0.2, 0) is 18.4 Å². The summed E-state index contributed by atoms with van der Waals surface area (Å²) < 4.78 is 23.8. The number of hydrogen-bond donors (Lipinski definition) is 3. The maximum Gasteiger partial charge on any atom is 0.472 e. The number of likely N-dealkylation sites (N-methyl/N-ethyl adjacent to an activating group) is 1. The average Bonchev–Trinajstić information content (AvgIpc) is 3.39. The minimum absolute atomic E-state index is 0.0558. The number of carbonyl (C=O) groups excluding carboxylic acids is 1. The Kier molecular flexibility index (Phi) is 57.5. The lowest BCUT2D eigenvalue weighted by molar-refractivity contribution is -0.870. The van der Waals surface area contributed by atoms with Crippen molar-refractivity contribution in [3.63, 3.8) is 0 Å². The van der Waals surface area contributed by atoms with Gasteiger partial charge in [0.2, 0.25) is 5.91 Å². The predicted octanol–water partition coefficient (Wildman–Crippen LogP) is 20.8. The van der Waals surface area contributed by atoms with E-state index in [9.17, 15) is 19.4 Å². The van der Waals surface area contributed by atoms with Crippen LogP contribution in [0.25, 0.3) is 0 Å². The number of unbranched alkanes of at least 4 members (excludes halogenated alkanes) is 40. The van der Waals surface area contributed by atoms with E-state index in [0.717, 1.165) is 51.4 Å². The zero-order valence-corrected chi connectivity index (χ0v) is 52.6. The van der Waals surface area contributed by atoms with E-state index in [1.54, 1.807) is 6.08 Å². The molecule has 0 spiro atoms. The minimum atomic E-state index is -4.36. The second-order valence-electron chi connectivity index (χ2n) is 23.8. The van der Waals surface area contributed by atoms with Gasteiger partial charge in [-0.1, -0.05) is 299 Å². The van der Waals surface area contributed by atoms with Gasteiger partial charge in [0, 0.05) is 6.42 Å². The first-order valence-corrected chi connectivity index (χ1v) is 34.7. The molecule has 0 heterocycles. The third-order valence-corrected chi connectivity index (χ3v) is 15.9. The molecular formula is C68H130N2O6P+. The summed E-state index contributed by atoms with van der Waals surface area (Å²) in [5.74, 6) is -0.184. The van der Waals surface area contributed by atoms with Gasteiger partial charge in [-0.3, -0.25) is 13.8 Å². The molecule has 0 aromatic rings. The first kappa shape index (κ1) is 75.2. The molecule has 3 atom stereocenters. The molecule has 0 aliphatic heterocycles. The Balaban J connectivity index is 4.13. The van der Waals surface area contributed by atoms with Gasteiger partial charge in [0.25, 0.3) is 0 Å². The van der Waals surface area contributed by atoms with Gasteiger partial charge in [-0.2, -0.15) is 0 Å². The zero-order valence-electron chi connectivity index (χ0n) is 51.7. The van der Waals surface area contributed by atoms with Crippen LogP contribution in [0, 0.1) is 0 Å². The van der Waals surface area contributed by atoms with Gasteiger partial charge in [0.05, 0.1) is 39.9 Å². The molecule has 452 valence electrons. The van der Waals surface area contributed by atoms with Gasteiger partial charge >= 0.3 is 7.82 Å². The fourth-order valence-electron chi connectivity index (χ4n) is 9.77. The van der Waals surface area contributed by atoms with Crippen molar-refractivity contribution in [3.05, 3.63) is 60.8 Å². The summed E-state index contributed by atoms with van der Waals surface area (Å²) in [4.78, 5) is 23.4. The fraction of sp³-hybridized carbons (Fsp3) is 0.838. The Morgan fingerprint density at radius 2 is 0.753 bits per heavy atom. The number of allylic oxidation sites excluding steroid dienone is 9. The van der Waals surface area contributed by atoms with Gasteiger partial charge in [-0.05, 0) is 70.6 Å². The summed E-state index contributed by atoms with van der Waals surface area (Å²) >= 11 is 0. The molecule has 0 radical (unpaired) electrons. The maximum absolute atomic E-state index is 13.0. The van der Waals surface area contributed by atoms with Crippen LogP contribution in [0.1, 0.15) is 316 Å². The number of aliphatic hydroxyl groups is 1. The standard InChI is InChI=1S/C68H129N2O6P/c1-6-8-10-12-14-16-18-20-22-24-26-28-30-32-33-34-35-36-37-38-40-42-44-46-48-50-52-54-56-58-60-62-68(72)69-66(65-76-77(73,74)75-64-63-70(3,4)5)67(71)61-59-57-55-53-51-49-47-45-43-41-39-31-29-27-25-23-21-19-17-15-13-11-9-7-2/h18,20,24,26,30,32,51,53,59,61,66-67,71H,6-17,19,21-23,25,27-29,31,33-50,52,54-58,60,62-65H2,1-5H3,(H-,69,72,73,74)/p+1/b20-18-,26-24-,32-30-,53-51+,61-59+. The topological polar surface area (TPSA) is 105 Å². The lowest BCUT2D eigenvalue weighted by Crippen LogP contribution is -2.45. The van der Waals surface area contributed by atoms with Crippen LogP contribution in [0.3, 0.4) is 0 Å². The van der Waals surface area contributed by atoms with Gasteiger partial charge in [0.1, 0.15) is 13.2 Å². The molecule has 0 aliphatic rings. The molecular weight excluding hydrogens is 972 g/mol. The number of rotatable bonds is 61. The van der Waals surface area contributed by atoms with Crippen molar-refractivity contribution in [1.29, 1.82) is 0 Å². The van der Waals surface area contributed by atoms with Crippen LogP contribution in [0.4, 0.5) is 0 Å². The normalized spacial score (nSPS) is 14.1. The van der Waals surface area contributed by atoms with E-state index in [0.29, 0.717) is 17.4 Å². The molecule has 9 heteroatoms. The van der Waals surface area contributed by atoms with E-state index in [4.69, 9.17) is 9.05 Å². The molecule has 0 aromatic heterocycles. The third-order valence-electron chi connectivity index (χ3n) is 15.0. The smallest absolute Gasteiger partial charge is 0.387 e. The number of phosphoric acid groups is 1. The number of nitrogens with one attached hydrogen (secondary N) is 1. The monoisotopic (exact) mass is 1100 g/mol. The van der Waals surface area contributed by atoms with Gasteiger partial charge < -0.3 is 19.8 Å². The highest BCUT2D eigenvalue weighted by atomic mass is 31.2. The highest BCUT2D eigenvalue weighted by Crippen LogP contribution is 2.43. The Morgan fingerprint density at radius 1 is 0.442 bits per heavy atom. The van der Waals surface area contributed by atoms with Crippen LogP contribution in [-0.4, -0.2) is 73.4 Å². The summed E-state index contributed by atoms with van der Waals surface area (Å²) in [6.07, 6.45) is 80.7. The van der Waals surface area contributed by atoms with Gasteiger partial charge in [-0.15, -0.1) is 0 Å². The Bertz CT molecular complexity index is 1440. The lowest BCUT2D eigenvalue weighted by atomic mass is 10.0. The molecule has 8 nitrogen and oxygen atoms in total. The molecule has 0 bridgehead atoms. The second kappa shape index (κ2) is 58.8. The largest absolute Gasteiger partial charge is 0.472 e. The molecule has 0 aliphatic carbocycles. The van der Waals surface area contributed by atoms with Crippen molar-refractivity contribution in [2.45, 2.75) is 328 Å². The summed E-state index contributed by atoms with van der Waals surface area (Å²) in [7, 11) is 1.56.